The molecule has 0 spiro atoms. The predicted octanol–water partition coefficient (Wildman–Crippen LogP) is 7.26. The topological polar surface area (TPSA) is 168 Å². The number of aryl methyl sites for hydroxylation is 1. The van der Waals surface area contributed by atoms with Crippen molar-refractivity contribution in [3.8, 4) is 40.2 Å². The molecule has 13 nitrogen and oxygen atoms in total. The summed E-state index contributed by atoms with van der Waals surface area (Å²) in [7, 11) is 1.71. The van der Waals surface area contributed by atoms with Gasteiger partial charge in [0.1, 0.15) is 40.7 Å². The van der Waals surface area contributed by atoms with E-state index in [9.17, 15) is 14.7 Å². The lowest BCUT2D eigenvalue weighted by Gasteiger charge is -2.39. The third-order valence-corrected chi connectivity index (χ3v) is 11.0. The van der Waals surface area contributed by atoms with Crippen molar-refractivity contribution < 1.29 is 24.1 Å². The highest BCUT2D eigenvalue weighted by Crippen LogP contribution is 2.39. The van der Waals surface area contributed by atoms with Crippen molar-refractivity contribution >= 4 is 34.2 Å². The summed E-state index contributed by atoms with van der Waals surface area (Å²) in [5.41, 5.74) is 2.20. The molecule has 58 heavy (non-hydrogen) atoms. The fraction of sp³-hybridized carbons (Fsp3) is 0.295. The van der Waals surface area contributed by atoms with Crippen LogP contribution in [-0.4, -0.2) is 62.1 Å². The summed E-state index contributed by atoms with van der Waals surface area (Å²) < 4.78 is 20.2. The number of pyridine rings is 1. The van der Waals surface area contributed by atoms with Crippen molar-refractivity contribution in [2.24, 2.45) is 7.05 Å². The number of fused-ring (bicyclic) bond motifs is 1. The van der Waals surface area contributed by atoms with Crippen LogP contribution in [0, 0.1) is 11.3 Å². The highest BCUT2D eigenvalue weighted by molar-refractivity contribution is 6.31. The first-order chi connectivity index (χ1) is 27.9. The summed E-state index contributed by atoms with van der Waals surface area (Å²) in [6.07, 6.45) is 6.57. The summed E-state index contributed by atoms with van der Waals surface area (Å²) in [5.74, 6) is 2.91. The Bertz CT molecular complexity index is 2560. The van der Waals surface area contributed by atoms with Crippen LogP contribution in [0.15, 0.2) is 96.1 Å². The van der Waals surface area contributed by atoms with Gasteiger partial charge in [-0.1, -0.05) is 17.7 Å². The number of nitrogens with one attached hydrogen (secondary N) is 2. The Balaban J connectivity index is 0.829. The number of anilines is 1. The van der Waals surface area contributed by atoms with Crippen LogP contribution < -0.4 is 30.0 Å². The monoisotopic (exact) mass is 799 g/mol. The van der Waals surface area contributed by atoms with Crippen molar-refractivity contribution in [3.05, 3.63) is 123 Å². The molecule has 1 amide bonds. The maximum atomic E-state index is 13.0. The number of benzene rings is 3. The highest BCUT2D eigenvalue weighted by Gasteiger charge is 2.31. The Morgan fingerprint density at radius 2 is 1.64 bits per heavy atom. The van der Waals surface area contributed by atoms with Gasteiger partial charge in [-0.25, -0.2) is 0 Å². The average molecular weight is 800 g/mol. The van der Waals surface area contributed by atoms with Crippen LogP contribution in [0.25, 0.3) is 22.0 Å². The van der Waals surface area contributed by atoms with Gasteiger partial charge in [0.25, 0.3) is 11.5 Å². The number of rotatable bonds is 11. The van der Waals surface area contributed by atoms with Crippen LogP contribution in [-0.2, 0) is 12.6 Å². The third kappa shape index (κ3) is 8.20. The molecule has 14 heteroatoms. The molecular weight excluding hydrogens is 758 g/mol. The van der Waals surface area contributed by atoms with E-state index in [2.05, 4.69) is 20.5 Å². The van der Waals surface area contributed by atoms with Gasteiger partial charge in [0.2, 0.25) is 0 Å². The Kier molecular flexibility index (Phi) is 10.5. The molecule has 1 aliphatic heterocycles. The SMILES string of the molecule is Cn1cc(-c2cc(C(C)(C)O)ccc2Oc2ccc(OC3CN(c4ccc(C(=O)N[C@H]5CC[C@H](Oc6ccc(C#N)c(Cl)c6)CC5)nn4)C3)cc2)c2cc[nH]c2c1=O. The highest BCUT2D eigenvalue weighted by atomic mass is 35.5. The number of nitrogens with zero attached hydrogens (tertiary/aromatic N) is 5. The molecule has 0 bridgehead atoms. The summed E-state index contributed by atoms with van der Waals surface area (Å²) in [5, 5.41) is 32.6. The van der Waals surface area contributed by atoms with Gasteiger partial charge in [-0.2, -0.15) is 5.26 Å². The first kappa shape index (κ1) is 38.5. The number of carbonyl (C=O) groups excluding carboxylic acids is 1. The van der Waals surface area contributed by atoms with Gasteiger partial charge in [-0.15, -0.1) is 10.2 Å². The molecule has 6 aromatic rings. The number of aromatic nitrogens is 4. The summed E-state index contributed by atoms with van der Waals surface area (Å²) in [6, 6.07) is 25.5. The molecule has 3 aromatic heterocycles. The van der Waals surface area contributed by atoms with E-state index in [1.807, 2.05) is 59.5 Å². The zero-order valence-electron chi connectivity index (χ0n) is 32.2. The number of aliphatic hydroxyl groups is 1. The van der Waals surface area contributed by atoms with E-state index >= 15 is 0 Å². The Morgan fingerprint density at radius 3 is 2.33 bits per heavy atom. The number of hydrogen-bond acceptors (Lipinski definition) is 10. The molecule has 0 radical (unpaired) electrons. The van der Waals surface area contributed by atoms with Crippen molar-refractivity contribution in [1.29, 1.82) is 5.26 Å². The minimum absolute atomic E-state index is 0.00926. The molecule has 4 heterocycles. The molecule has 2 aliphatic rings. The molecule has 1 saturated heterocycles. The molecule has 296 valence electrons. The van der Waals surface area contributed by atoms with Crippen LogP contribution in [0.5, 0.6) is 23.0 Å². The van der Waals surface area contributed by atoms with Crippen LogP contribution in [0.1, 0.15) is 61.1 Å². The molecule has 3 N–H and O–H groups in total. The second-order valence-electron chi connectivity index (χ2n) is 15.3. The van der Waals surface area contributed by atoms with E-state index in [0.717, 1.165) is 42.2 Å². The van der Waals surface area contributed by atoms with Crippen molar-refractivity contribution in [1.82, 2.24) is 25.1 Å². The van der Waals surface area contributed by atoms with Gasteiger partial charge in [-0.05, 0) is 112 Å². The summed E-state index contributed by atoms with van der Waals surface area (Å²) in [4.78, 5) is 30.8. The van der Waals surface area contributed by atoms with Gasteiger partial charge < -0.3 is 39.1 Å². The number of hydrogen-bond donors (Lipinski definition) is 3. The quantitative estimate of drug-likeness (QED) is 0.121. The maximum absolute atomic E-state index is 13.0. The predicted molar refractivity (Wildman–Crippen MR) is 220 cm³/mol. The Labute approximate surface area is 339 Å². The molecule has 0 atom stereocenters. The normalized spacial score (nSPS) is 17.0. The molecule has 2 fully saturated rings. The molecule has 1 aliphatic carbocycles. The van der Waals surface area contributed by atoms with Gasteiger partial charge in [-0.3, -0.25) is 9.59 Å². The smallest absolute Gasteiger partial charge is 0.274 e. The van der Waals surface area contributed by atoms with Crippen LogP contribution in [0.2, 0.25) is 5.02 Å². The van der Waals surface area contributed by atoms with Crippen LogP contribution in [0.4, 0.5) is 5.82 Å². The zero-order chi connectivity index (χ0) is 40.6. The Morgan fingerprint density at radius 1 is 0.914 bits per heavy atom. The minimum atomic E-state index is -1.09. The maximum Gasteiger partial charge on any atom is 0.274 e. The second-order valence-corrected chi connectivity index (χ2v) is 15.7. The van der Waals surface area contributed by atoms with E-state index in [-0.39, 0.29) is 35.4 Å². The number of nitriles is 1. The Hall–Kier alpha value is -6.36. The largest absolute Gasteiger partial charge is 0.490 e. The third-order valence-electron chi connectivity index (χ3n) is 10.7. The molecule has 8 rings (SSSR count). The second kappa shape index (κ2) is 15.9. The summed E-state index contributed by atoms with van der Waals surface area (Å²) in [6.45, 7) is 4.69. The fourth-order valence-corrected chi connectivity index (χ4v) is 7.56. The number of halogens is 1. The number of aromatic amines is 1. The lowest BCUT2D eigenvalue weighted by Crippen LogP contribution is -2.54. The molecule has 0 unspecified atom stereocenters. The van der Waals surface area contributed by atoms with Gasteiger partial charge in [0.05, 0.1) is 35.4 Å². The van der Waals surface area contributed by atoms with Crippen molar-refractivity contribution in [3.63, 3.8) is 0 Å². The average Bonchev–Trinajstić information content (AvgIpc) is 3.70. The van der Waals surface area contributed by atoms with Gasteiger partial charge in [0, 0.05) is 48.1 Å². The number of H-pyrrole nitrogens is 1. The fourth-order valence-electron chi connectivity index (χ4n) is 7.35. The lowest BCUT2D eigenvalue weighted by atomic mass is 9.93. The molecule has 1 saturated carbocycles. The van der Waals surface area contributed by atoms with E-state index in [0.29, 0.717) is 63.6 Å². The van der Waals surface area contributed by atoms with E-state index in [1.54, 1.807) is 63.6 Å². The zero-order valence-corrected chi connectivity index (χ0v) is 33.0. The van der Waals surface area contributed by atoms with Crippen molar-refractivity contribution in [2.45, 2.75) is 63.4 Å². The molecule has 3 aromatic carbocycles. The molecular formula is C44H42ClN7O6. The number of ether oxygens (including phenoxy) is 3. The lowest BCUT2D eigenvalue weighted by molar-refractivity contribution is 0.0786. The van der Waals surface area contributed by atoms with Gasteiger partial charge >= 0.3 is 0 Å². The number of carbonyl (C=O) groups is 1. The van der Waals surface area contributed by atoms with E-state index in [4.69, 9.17) is 31.1 Å². The van der Waals surface area contributed by atoms with Gasteiger partial charge in [0.15, 0.2) is 11.5 Å². The first-order valence-corrected chi connectivity index (χ1v) is 19.5. The minimum Gasteiger partial charge on any atom is -0.490 e. The number of amides is 1. The van der Waals surface area contributed by atoms with Crippen molar-refractivity contribution in [2.75, 3.05) is 18.0 Å². The van der Waals surface area contributed by atoms with E-state index in [1.165, 1.54) is 4.57 Å². The summed E-state index contributed by atoms with van der Waals surface area (Å²) >= 11 is 6.14. The van der Waals surface area contributed by atoms with E-state index < -0.39 is 5.60 Å². The standard InChI is InChI=1S/C44H42ClN7O6/c1-44(2,55)27-5-16-39(35(20-27)36-25-51(3)43(54)41-34(36)18-19-47-41)58-31-13-11-30(12-14-31)57-33-23-52(24-33)40-17-15-38(49-50-40)42(53)48-28-6-9-29(10-7-28)56-32-8-4-26(22-46)37(45)21-32/h4-5,8,11-21,25,28-29,33,47,55H,6-7,9-10,23-24H2,1-3H3,(H,48,53)/t28-,29-. The first-order valence-electron chi connectivity index (χ1n) is 19.2. The van der Waals surface area contributed by atoms with Crippen LogP contribution in [0.3, 0.4) is 0 Å². The van der Waals surface area contributed by atoms with Crippen LogP contribution >= 0.6 is 11.6 Å².